The third-order valence-electron chi connectivity index (χ3n) is 12.7. The van der Waals surface area contributed by atoms with E-state index in [0.29, 0.717) is 50.0 Å². The lowest BCUT2D eigenvalue weighted by Gasteiger charge is -2.46. The molecule has 294 valence electrons. The van der Waals surface area contributed by atoms with Crippen molar-refractivity contribution in [3.8, 4) is 0 Å². The molecular formula is C47H53NO8. The van der Waals surface area contributed by atoms with Gasteiger partial charge in [-0.1, -0.05) is 135 Å². The van der Waals surface area contributed by atoms with Gasteiger partial charge >= 0.3 is 0 Å². The Morgan fingerprint density at radius 2 is 0.946 bits per heavy atom. The van der Waals surface area contributed by atoms with E-state index in [1.807, 2.05) is 91.0 Å². The van der Waals surface area contributed by atoms with Gasteiger partial charge in [0.05, 0.1) is 30.9 Å². The van der Waals surface area contributed by atoms with Crippen LogP contribution in [0.1, 0.15) is 95.2 Å². The summed E-state index contributed by atoms with van der Waals surface area (Å²) in [7, 11) is 0. The van der Waals surface area contributed by atoms with Crippen molar-refractivity contribution >= 4 is 11.8 Å². The van der Waals surface area contributed by atoms with Crippen LogP contribution in [-0.4, -0.2) is 75.7 Å². The van der Waals surface area contributed by atoms with Crippen LogP contribution in [0, 0.1) is 5.41 Å². The van der Waals surface area contributed by atoms with Crippen LogP contribution in [0.15, 0.2) is 115 Å². The third kappa shape index (κ3) is 6.93. The maximum absolute atomic E-state index is 13.1. The zero-order valence-electron chi connectivity index (χ0n) is 32.0. The van der Waals surface area contributed by atoms with Crippen molar-refractivity contribution in [2.75, 3.05) is 13.2 Å². The molecule has 4 aromatic carbocycles. The van der Waals surface area contributed by atoms with Crippen LogP contribution in [0.5, 0.6) is 0 Å². The summed E-state index contributed by atoms with van der Waals surface area (Å²) in [5.74, 6) is -0.464. The van der Waals surface area contributed by atoms with Gasteiger partial charge in [-0.3, -0.25) is 14.5 Å². The standard InChI is InChI=1S/C47H53NO8/c49-43-37-25-13-14-26-38(37)44(50)48(43)29-17-1-2-18-30-53-41-39(54-31-34-19-7-3-8-20-34)40(55-32-35-21-9-4-10-22-35)42(56-33-36-23-11-5-12-24-36)47(52)45(46(41,47)51)27-15-6-16-28-45/h3-5,7-14,19-26,39-42,51-52H,1-2,6,15-18,27-33H2. The zero-order chi connectivity index (χ0) is 38.6. The van der Waals surface area contributed by atoms with E-state index < -0.39 is 41.0 Å². The van der Waals surface area contributed by atoms with Crippen LogP contribution in [-0.2, 0) is 38.8 Å². The molecule has 2 amide bonds. The highest BCUT2D eigenvalue weighted by atomic mass is 16.6. The van der Waals surface area contributed by atoms with Gasteiger partial charge in [-0.05, 0) is 54.5 Å². The predicted octanol–water partition coefficient (Wildman–Crippen LogP) is 7.42. The molecule has 9 nitrogen and oxygen atoms in total. The molecule has 56 heavy (non-hydrogen) atoms. The fourth-order valence-electron chi connectivity index (χ4n) is 9.89. The second-order valence-corrected chi connectivity index (χ2v) is 15.9. The Kier molecular flexibility index (Phi) is 11.5. The van der Waals surface area contributed by atoms with Crippen molar-refractivity contribution in [3.63, 3.8) is 0 Å². The topological polar surface area (TPSA) is 115 Å². The van der Waals surface area contributed by atoms with Crippen molar-refractivity contribution in [1.29, 1.82) is 0 Å². The van der Waals surface area contributed by atoms with Crippen LogP contribution < -0.4 is 0 Å². The van der Waals surface area contributed by atoms with Crippen LogP contribution in [0.3, 0.4) is 0 Å². The molecule has 6 unspecified atom stereocenters. The Morgan fingerprint density at radius 1 is 0.518 bits per heavy atom. The molecule has 8 rings (SSSR count). The number of carbonyl (C=O) groups is 2. The van der Waals surface area contributed by atoms with Crippen LogP contribution in [0.4, 0.5) is 0 Å². The molecule has 1 heterocycles. The van der Waals surface area contributed by atoms with Gasteiger partial charge in [0.25, 0.3) is 11.8 Å². The van der Waals surface area contributed by atoms with Gasteiger partial charge in [-0.2, -0.15) is 0 Å². The molecule has 9 heteroatoms. The second kappa shape index (κ2) is 16.7. The number of hydrogen-bond donors (Lipinski definition) is 2. The van der Waals surface area contributed by atoms with Gasteiger partial charge in [-0.25, -0.2) is 0 Å². The lowest BCUT2D eigenvalue weighted by molar-refractivity contribution is -0.272. The number of fused-ring (bicyclic) bond motifs is 4. The first-order chi connectivity index (χ1) is 27.4. The Hall–Kier alpha value is -4.22. The molecule has 0 aromatic heterocycles. The van der Waals surface area contributed by atoms with Crippen molar-refractivity contribution in [3.05, 3.63) is 143 Å². The summed E-state index contributed by atoms with van der Waals surface area (Å²) < 4.78 is 27.2. The summed E-state index contributed by atoms with van der Waals surface area (Å²) in [6, 6.07) is 36.7. The minimum absolute atomic E-state index is 0.232. The van der Waals surface area contributed by atoms with E-state index >= 15 is 0 Å². The van der Waals surface area contributed by atoms with E-state index in [2.05, 4.69) is 0 Å². The molecule has 0 bridgehead atoms. The molecular weight excluding hydrogens is 707 g/mol. The number of ether oxygens (including phenoxy) is 4. The minimum Gasteiger partial charge on any atom is -0.383 e. The van der Waals surface area contributed by atoms with Gasteiger partial charge in [0.2, 0.25) is 0 Å². The first-order valence-corrected chi connectivity index (χ1v) is 20.4. The fourth-order valence-corrected chi connectivity index (χ4v) is 9.89. The average molecular weight is 760 g/mol. The Morgan fingerprint density at radius 3 is 1.45 bits per heavy atom. The maximum Gasteiger partial charge on any atom is 0.261 e. The van der Waals surface area contributed by atoms with Crippen LogP contribution >= 0.6 is 0 Å². The monoisotopic (exact) mass is 759 g/mol. The third-order valence-corrected chi connectivity index (χ3v) is 12.7. The van der Waals surface area contributed by atoms with Gasteiger partial charge in [0.15, 0.2) is 0 Å². The molecule has 1 spiro atoms. The minimum atomic E-state index is -1.62. The lowest BCUT2D eigenvalue weighted by atomic mass is 9.81. The largest absolute Gasteiger partial charge is 0.383 e. The number of nitrogens with zero attached hydrogens (tertiary/aromatic N) is 1. The zero-order valence-corrected chi connectivity index (χ0v) is 32.0. The Balaban J connectivity index is 1.03. The molecule has 0 saturated heterocycles. The summed E-state index contributed by atoms with van der Waals surface area (Å²) in [6.45, 7) is 1.47. The molecule has 3 aliphatic carbocycles. The predicted molar refractivity (Wildman–Crippen MR) is 210 cm³/mol. The quantitative estimate of drug-likeness (QED) is 0.0845. The van der Waals surface area contributed by atoms with Gasteiger partial charge in [-0.15, -0.1) is 0 Å². The molecule has 4 aliphatic rings. The average Bonchev–Trinajstić information content (AvgIpc) is 3.51. The first kappa shape index (κ1) is 38.6. The summed E-state index contributed by atoms with van der Waals surface area (Å²) in [5.41, 5.74) is -0.237. The Bertz CT molecular complexity index is 1900. The number of carbonyl (C=O) groups excluding carboxylic acids is 2. The molecule has 1 aliphatic heterocycles. The summed E-state index contributed by atoms with van der Waals surface area (Å²) in [6.07, 6.45) is 3.79. The lowest BCUT2D eigenvalue weighted by Crippen LogP contribution is -2.66. The van der Waals surface area contributed by atoms with Crippen molar-refractivity contribution in [2.24, 2.45) is 5.41 Å². The van der Waals surface area contributed by atoms with E-state index in [0.717, 1.165) is 48.8 Å². The van der Waals surface area contributed by atoms with Crippen molar-refractivity contribution < 1.29 is 38.7 Å². The van der Waals surface area contributed by atoms with E-state index in [4.69, 9.17) is 18.9 Å². The van der Waals surface area contributed by atoms with E-state index in [9.17, 15) is 19.8 Å². The van der Waals surface area contributed by atoms with Crippen LogP contribution in [0.25, 0.3) is 0 Å². The van der Waals surface area contributed by atoms with Crippen LogP contribution in [0.2, 0.25) is 0 Å². The van der Waals surface area contributed by atoms with Gasteiger partial charge in [0.1, 0.15) is 35.6 Å². The number of imide groups is 1. The molecule has 3 fully saturated rings. The highest BCUT2D eigenvalue weighted by molar-refractivity contribution is 6.21. The van der Waals surface area contributed by atoms with Gasteiger partial charge < -0.3 is 29.2 Å². The molecule has 4 aromatic rings. The van der Waals surface area contributed by atoms with E-state index in [1.165, 1.54) is 4.90 Å². The number of hydrogen-bond acceptors (Lipinski definition) is 8. The highest BCUT2D eigenvalue weighted by Crippen LogP contribution is 2.77. The molecule has 3 saturated carbocycles. The fraction of sp³-hybridized carbons (Fsp3) is 0.447. The van der Waals surface area contributed by atoms with E-state index in [-0.39, 0.29) is 31.6 Å². The first-order valence-electron chi connectivity index (χ1n) is 20.4. The maximum atomic E-state index is 13.1. The molecule has 2 N–H and O–H groups in total. The molecule has 6 atom stereocenters. The summed E-state index contributed by atoms with van der Waals surface area (Å²) in [5, 5.41) is 26.2. The number of unbranched alkanes of at least 4 members (excludes halogenated alkanes) is 3. The van der Waals surface area contributed by atoms with Crippen molar-refractivity contribution in [1.82, 2.24) is 4.90 Å². The SMILES string of the molecule is O=C1c2ccccc2C(=O)N1CCCCCCOC1C(OCc2ccccc2)C(OCc2ccccc2)C(OCc2ccccc2)C2(O)C3(CCCCC3)C12O. The number of rotatable bonds is 17. The number of benzene rings is 4. The number of amides is 2. The Labute approximate surface area is 329 Å². The van der Waals surface area contributed by atoms with E-state index in [1.54, 1.807) is 24.3 Å². The molecule has 0 radical (unpaired) electrons. The highest BCUT2D eigenvalue weighted by Gasteiger charge is 2.95. The second-order valence-electron chi connectivity index (χ2n) is 15.9. The van der Waals surface area contributed by atoms with Gasteiger partial charge in [0, 0.05) is 18.6 Å². The number of aliphatic hydroxyl groups is 2. The smallest absolute Gasteiger partial charge is 0.261 e. The summed E-state index contributed by atoms with van der Waals surface area (Å²) in [4.78, 5) is 27.0. The van der Waals surface area contributed by atoms with Crippen molar-refractivity contribution in [2.45, 2.75) is 113 Å². The normalized spacial score (nSPS) is 27.6. The summed E-state index contributed by atoms with van der Waals surface area (Å²) >= 11 is 0.